The lowest BCUT2D eigenvalue weighted by Crippen LogP contribution is -2.24. The summed E-state index contributed by atoms with van der Waals surface area (Å²) in [5.74, 6) is 0.298. The van der Waals surface area contributed by atoms with Gasteiger partial charge in [0.15, 0.2) is 0 Å². The Morgan fingerprint density at radius 1 is 1.57 bits per heavy atom. The minimum Gasteiger partial charge on any atom is -0.495 e. The first-order valence-corrected chi connectivity index (χ1v) is 4.14. The highest BCUT2D eigenvalue weighted by molar-refractivity contribution is 5.03. The summed E-state index contributed by atoms with van der Waals surface area (Å²) in [5, 5.41) is 9.26. The SMILES string of the molecule is OC(COCC(F)(F)F)C1=CCCO1. The van der Waals surface area contributed by atoms with Gasteiger partial charge in [0, 0.05) is 6.42 Å². The lowest BCUT2D eigenvalue weighted by molar-refractivity contribution is -0.178. The summed E-state index contributed by atoms with van der Waals surface area (Å²) in [6, 6.07) is 0. The summed E-state index contributed by atoms with van der Waals surface area (Å²) in [4.78, 5) is 0. The maximum Gasteiger partial charge on any atom is 0.411 e. The molecule has 0 aromatic carbocycles. The van der Waals surface area contributed by atoms with Gasteiger partial charge in [-0.3, -0.25) is 0 Å². The molecule has 0 radical (unpaired) electrons. The molecule has 14 heavy (non-hydrogen) atoms. The number of halogens is 3. The molecule has 82 valence electrons. The molecular weight excluding hydrogens is 201 g/mol. The second kappa shape index (κ2) is 4.65. The zero-order chi connectivity index (χ0) is 10.6. The van der Waals surface area contributed by atoms with Crippen LogP contribution in [0, 0.1) is 0 Å². The van der Waals surface area contributed by atoms with Crippen molar-refractivity contribution in [2.24, 2.45) is 0 Å². The lowest BCUT2D eigenvalue weighted by Gasteiger charge is -2.13. The van der Waals surface area contributed by atoms with Crippen molar-refractivity contribution in [2.75, 3.05) is 19.8 Å². The van der Waals surface area contributed by atoms with Crippen molar-refractivity contribution in [3.63, 3.8) is 0 Å². The van der Waals surface area contributed by atoms with E-state index in [1.165, 1.54) is 0 Å². The topological polar surface area (TPSA) is 38.7 Å². The Morgan fingerprint density at radius 2 is 2.29 bits per heavy atom. The monoisotopic (exact) mass is 212 g/mol. The average Bonchev–Trinajstić information content (AvgIpc) is 2.53. The van der Waals surface area contributed by atoms with E-state index in [0.29, 0.717) is 18.8 Å². The molecule has 0 saturated carbocycles. The first-order chi connectivity index (χ1) is 6.49. The molecule has 0 spiro atoms. The third-order valence-corrected chi connectivity index (χ3v) is 1.60. The fourth-order valence-electron chi connectivity index (χ4n) is 1.04. The molecule has 0 aromatic rings. The van der Waals surface area contributed by atoms with Crippen LogP contribution in [-0.4, -0.2) is 37.2 Å². The second-order valence-electron chi connectivity index (χ2n) is 2.89. The molecule has 1 atom stereocenters. The number of ether oxygens (including phenoxy) is 2. The molecule has 0 aromatic heterocycles. The van der Waals surface area contributed by atoms with E-state index in [0.717, 1.165) is 0 Å². The summed E-state index contributed by atoms with van der Waals surface area (Å²) in [6.45, 7) is -1.28. The van der Waals surface area contributed by atoms with Crippen molar-refractivity contribution in [2.45, 2.75) is 18.7 Å². The number of rotatable bonds is 4. The first-order valence-electron chi connectivity index (χ1n) is 4.14. The predicted octanol–water partition coefficient (Wildman–Crippen LogP) is 1.23. The molecular formula is C8H11F3O3. The zero-order valence-electron chi connectivity index (χ0n) is 7.38. The van der Waals surface area contributed by atoms with E-state index in [1.807, 2.05) is 0 Å². The Morgan fingerprint density at radius 3 is 2.79 bits per heavy atom. The molecule has 0 amide bonds. The van der Waals surface area contributed by atoms with E-state index >= 15 is 0 Å². The van der Waals surface area contributed by atoms with Crippen LogP contribution in [0.3, 0.4) is 0 Å². The van der Waals surface area contributed by atoms with E-state index in [1.54, 1.807) is 6.08 Å². The zero-order valence-corrected chi connectivity index (χ0v) is 7.38. The number of alkyl halides is 3. The van der Waals surface area contributed by atoms with Gasteiger partial charge in [-0.1, -0.05) is 0 Å². The van der Waals surface area contributed by atoms with Gasteiger partial charge in [0.2, 0.25) is 0 Å². The van der Waals surface area contributed by atoms with Crippen LogP contribution in [0.25, 0.3) is 0 Å². The third kappa shape index (κ3) is 3.97. The molecule has 0 aliphatic carbocycles. The first kappa shape index (κ1) is 11.3. The van der Waals surface area contributed by atoms with Gasteiger partial charge >= 0.3 is 6.18 Å². The van der Waals surface area contributed by atoms with Crippen molar-refractivity contribution < 1.29 is 27.8 Å². The Kier molecular flexibility index (Phi) is 3.77. The van der Waals surface area contributed by atoms with E-state index in [4.69, 9.17) is 4.74 Å². The van der Waals surface area contributed by atoms with Gasteiger partial charge in [-0.05, 0) is 6.08 Å². The summed E-state index contributed by atoms with van der Waals surface area (Å²) >= 11 is 0. The maximum absolute atomic E-state index is 11.6. The molecule has 3 nitrogen and oxygen atoms in total. The summed E-state index contributed by atoms with van der Waals surface area (Å²) < 4.78 is 44.1. The number of hydrogen-bond acceptors (Lipinski definition) is 3. The van der Waals surface area contributed by atoms with Crippen LogP contribution in [0.4, 0.5) is 13.2 Å². The van der Waals surface area contributed by atoms with Gasteiger partial charge in [-0.25, -0.2) is 0 Å². The van der Waals surface area contributed by atoms with Crippen LogP contribution in [-0.2, 0) is 9.47 Å². The van der Waals surface area contributed by atoms with E-state index < -0.39 is 25.5 Å². The molecule has 0 saturated heterocycles. The van der Waals surface area contributed by atoms with E-state index in [2.05, 4.69) is 4.74 Å². The highest BCUT2D eigenvalue weighted by atomic mass is 19.4. The Labute approximate surface area is 79.1 Å². The average molecular weight is 212 g/mol. The second-order valence-corrected chi connectivity index (χ2v) is 2.89. The number of hydrogen-bond donors (Lipinski definition) is 1. The molecule has 6 heteroatoms. The van der Waals surface area contributed by atoms with Crippen LogP contribution in [0.1, 0.15) is 6.42 Å². The molecule has 0 fully saturated rings. The summed E-state index contributed by atoms with van der Waals surface area (Å²) in [7, 11) is 0. The Hall–Kier alpha value is -0.750. The van der Waals surface area contributed by atoms with Crippen LogP contribution < -0.4 is 0 Å². The van der Waals surface area contributed by atoms with Crippen LogP contribution in [0.15, 0.2) is 11.8 Å². The van der Waals surface area contributed by atoms with Crippen LogP contribution in [0.5, 0.6) is 0 Å². The smallest absolute Gasteiger partial charge is 0.411 e. The molecule has 1 heterocycles. The Bertz CT molecular complexity index is 212. The highest BCUT2D eigenvalue weighted by Gasteiger charge is 2.28. The van der Waals surface area contributed by atoms with Crippen LogP contribution >= 0.6 is 0 Å². The quantitative estimate of drug-likeness (QED) is 0.761. The van der Waals surface area contributed by atoms with Gasteiger partial charge < -0.3 is 14.6 Å². The fourth-order valence-corrected chi connectivity index (χ4v) is 1.04. The van der Waals surface area contributed by atoms with E-state index in [9.17, 15) is 18.3 Å². The van der Waals surface area contributed by atoms with Gasteiger partial charge in [0.25, 0.3) is 0 Å². The van der Waals surface area contributed by atoms with Gasteiger partial charge in [-0.15, -0.1) is 0 Å². The molecule has 0 bridgehead atoms. The molecule has 1 aliphatic heterocycles. The highest BCUT2D eigenvalue weighted by Crippen LogP contribution is 2.17. The van der Waals surface area contributed by atoms with E-state index in [-0.39, 0.29) is 0 Å². The minimum atomic E-state index is -4.36. The summed E-state index contributed by atoms with van der Waals surface area (Å²) in [6.07, 6.45) is -3.14. The molecule has 1 N–H and O–H groups in total. The largest absolute Gasteiger partial charge is 0.495 e. The number of aliphatic hydroxyl groups excluding tert-OH is 1. The van der Waals surface area contributed by atoms with Crippen molar-refractivity contribution >= 4 is 0 Å². The predicted molar refractivity (Wildman–Crippen MR) is 41.5 cm³/mol. The van der Waals surface area contributed by atoms with Crippen molar-refractivity contribution in [1.82, 2.24) is 0 Å². The standard InChI is InChI=1S/C8H11F3O3/c9-8(10,11)5-13-4-6(12)7-2-1-3-14-7/h2,6,12H,1,3-5H2. The Balaban J connectivity index is 2.18. The molecule has 1 unspecified atom stereocenters. The fraction of sp³-hybridized carbons (Fsp3) is 0.750. The molecule has 1 aliphatic rings. The maximum atomic E-state index is 11.6. The van der Waals surface area contributed by atoms with Gasteiger partial charge in [0.05, 0.1) is 13.2 Å². The summed E-state index contributed by atoms with van der Waals surface area (Å²) in [5.41, 5.74) is 0. The molecule has 1 rings (SSSR count). The van der Waals surface area contributed by atoms with Crippen molar-refractivity contribution in [1.29, 1.82) is 0 Å². The van der Waals surface area contributed by atoms with Gasteiger partial charge in [0.1, 0.15) is 18.5 Å². The lowest BCUT2D eigenvalue weighted by atomic mass is 10.3. The van der Waals surface area contributed by atoms with Crippen molar-refractivity contribution in [3.05, 3.63) is 11.8 Å². The van der Waals surface area contributed by atoms with Gasteiger partial charge in [-0.2, -0.15) is 13.2 Å². The number of aliphatic hydroxyl groups is 1. The van der Waals surface area contributed by atoms with Crippen molar-refractivity contribution in [3.8, 4) is 0 Å². The third-order valence-electron chi connectivity index (χ3n) is 1.60. The minimum absolute atomic E-state index is 0.298. The normalized spacial score (nSPS) is 19.0. The van der Waals surface area contributed by atoms with Crippen LogP contribution in [0.2, 0.25) is 0 Å².